The molecule has 0 saturated carbocycles. The van der Waals surface area contributed by atoms with Crippen molar-refractivity contribution < 1.29 is 17.3 Å². The van der Waals surface area contributed by atoms with Crippen molar-refractivity contribution >= 4 is 38.4 Å². The number of aromatic nitrogens is 3. The van der Waals surface area contributed by atoms with Crippen LogP contribution in [0.1, 0.15) is 5.56 Å². The van der Waals surface area contributed by atoms with Crippen LogP contribution in [0.15, 0.2) is 59.8 Å². The lowest BCUT2D eigenvalue weighted by Gasteiger charge is -2.09. The second-order valence-corrected chi connectivity index (χ2v) is 9.15. The van der Waals surface area contributed by atoms with E-state index >= 15 is 0 Å². The second-order valence-electron chi connectivity index (χ2n) is 6.39. The lowest BCUT2D eigenvalue weighted by molar-refractivity contribution is 0.415. The molecule has 0 amide bonds. The number of fused-ring (bicyclic) bond motifs is 3. The Hall–Kier alpha value is -2.78. The summed E-state index contributed by atoms with van der Waals surface area (Å²) in [4.78, 5) is 0. The molecule has 0 N–H and O–H groups in total. The van der Waals surface area contributed by atoms with Crippen LogP contribution in [-0.2, 0) is 10.1 Å². The zero-order valence-corrected chi connectivity index (χ0v) is 17.5. The third-order valence-corrected chi connectivity index (χ3v) is 6.75. The zero-order valence-electron chi connectivity index (χ0n) is 15.9. The van der Waals surface area contributed by atoms with Gasteiger partial charge in [-0.2, -0.15) is 8.42 Å². The summed E-state index contributed by atoms with van der Waals surface area (Å²) in [7, 11) is -2.08. The van der Waals surface area contributed by atoms with Crippen LogP contribution >= 0.6 is 11.8 Å². The Morgan fingerprint density at radius 3 is 2.59 bits per heavy atom. The summed E-state index contributed by atoms with van der Waals surface area (Å²) in [6.45, 7) is 2.02. The van der Waals surface area contributed by atoms with Gasteiger partial charge < -0.3 is 8.92 Å². The third-order valence-electron chi connectivity index (χ3n) is 4.41. The van der Waals surface area contributed by atoms with Crippen molar-refractivity contribution in [2.24, 2.45) is 0 Å². The summed E-state index contributed by atoms with van der Waals surface area (Å²) in [5.74, 6) is 1.18. The molecule has 0 fully saturated rings. The number of ether oxygens (including phenoxy) is 1. The molecule has 0 aliphatic rings. The van der Waals surface area contributed by atoms with E-state index in [4.69, 9.17) is 8.92 Å². The molecule has 2 aromatic heterocycles. The number of methoxy groups -OCH3 is 1. The molecule has 0 radical (unpaired) electrons. The maximum absolute atomic E-state index is 12.2. The van der Waals surface area contributed by atoms with Crippen molar-refractivity contribution in [2.75, 3.05) is 18.6 Å². The Balaban J connectivity index is 1.58. The van der Waals surface area contributed by atoms with E-state index in [0.29, 0.717) is 16.6 Å². The monoisotopic (exact) mass is 429 g/mol. The summed E-state index contributed by atoms with van der Waals surface area (Å²) < 4.78 is 36.9. The second kappa shape index (κ2) is 7.92. The molecule has 2 heterocycles. The van der Waals surface area contributed by atoms with E-state index < -0.39 is 10.1 Å². The quantitative estimate of drug-likeness (QED) is 0.327. The van der Waals surface area contributed by atoms with Gasteiger partial charge in [-0.3, -0.25) is 4.40 Å². The molecular weight excluding hydrogens is 410 g/mol. The van der Waals surface area contributed by atoms with Crippen LogP contribution in [0.5, 0.6) is 11.5 Å². The Labute approximate surface area is 172 Å². The summed E-state index contributed by atoms with van der Waals surface area (Å²) >= 11 is 1.32. The van der Waals surface area contributed by atoms with Crippen molar-refractivity contribution in [3.63, 3.8) is 0 Å². The highest BCUT2D eigenvalue weighted by Gasteiger charge is 2.16. The molecule has 0 saturated heterocycles. The van der Waals surface area contributed by atoms with Gasteiger partial charge in [0.2, 0.25) is 0 Å². The third kappa shape index (κ3) is 4.15. The fourth-order valence-corrected chi connectivity index (χ4v) is 5.26. The number of para-hydroxylation sites is 1. The number of hydrogen-bond acceptors (Lipinski definition) is 7. The molecule has 4 aromatic rings. The molecular formula is C20H19N3O4S2. The van der Waals surface area contributed by atoms with Gasteiger partial charge in [0.15, 0.2) is 10.8 Å². The molecule has 0 unspecified atom stereocenters. The van der Waals surface area contributed by atoms with E-state index in [1.165, 1.54) is 11.8 Å². The van der Waals surface area contributed by atoms with E-state index in [1.807, 2.05) is 35.6 Å². The predicted molar refractivity (Wildman–Crippen MR) is 113 cm³/mol. The number of pyridine rings is 1. The van der Waals surface area contributed by atoms with Crippen LogP contribution in [-0.4, -0.2) is 41.6 Å². The molecule has 29 heavy (non-hydrogen) atoms. The lowest BCUT2D eigenvalue weighted by Crippen LogP contribution is -2.15. The Kier molecular flexibility index (Phi) is 5.33. The predicted octanol–water partition coefficient (Wildman–Crippen LogP) is 3.70. The number of rotatable bonds is 7. The van der Waals surface area contributed by atoms with Crippen LogP contribution in [0.3, 0.4) is 0 Å². The van der Waals surface area contributed by atoms with Gasteiger partial charge in [-0.1, -0.05) is 30.0 Å². The first kappa shape index (κ1) is 19.5. The fourth-order valence-electron chi connectivity index (χ4n) is 3.02. The first-order chi connectivity index (χ1) is 14.0. The standard InChI is InChI=1S/C20H19N3O4S2/c1-14-12-19-21-22-20(23(19)18-13-16(26-2)8-9-17(14)18)28-10-11-29(24,25)27-15-6-4-3-5-7-15/h3-9,12-13H,10-11H2,1-2H3. The minimum atomic E-state index is -3.70. The van der Waals surface area contributed by atoms with Gasteiger partial charge in [0.05, 0.1) is 18.4 Å². The molecule has 0 bridgehead atoms. The van der Waals surface area contributed by atoms with E-state index in [2.05, 4.69) is 10.2 Å². The largest absolute Gasteiger partial charge is 0.497 e. The molecule has 9 heteroatoms. The smallest absolute Gasteiger partial charge is 0.310 e. The number of thioether (sulfide) groups is 1. The van der Waals surface area contributed by atoms with Crippen LogP contribution in [0.2, 0.25) is 0 Å². The first-order valence-corrected chi connectivity index (χ1v) is 11.5. The van der Waals surface area contributed by atoms with Crippen LogP contribution < -0.4 is 8.92 Å². The van der Waals surface area contributed by atoms with Gasteiger partial charge in [0.25, 0.3) is 0 Å². The Bertz CT molecular complexity index is 1270. The fraction of sp³-hybridized carbons (Fsp3) is 0.200. The van der Waals surface area contributed by atoms with Gasteiger partial charge >= 0.3 is 10.1 Å². The summed E-state index contributed by atoms with van der Waals surface area (Å²) in [6, 6.07) is 16.3. The lowest BCUT2D eigenvalue weighted by atomic mass is 10.1. The average molecular weight is 430 g/mol. The highest BCUT2D eigenvalue weighted by Crippen LogP contribution is 2.28. The molecule has 7 nitrogen and oxygen atoms in total. The number of benzene rings is 2. The highest BCUT2D eigenvalue weighted by atomic mass is 32.2. The van der Waals surface area contributed by atoms with Gasteiger partial charge in [-0.05, 0) is 42.8 Å². The molecule has 0 spiro atoms. The Morgan fingerprint density at radius 2 is 1.83 bits per heavy atom. The van der Waals surface area contributed by atoms with Crippen molar-refractivity contribution in [3.8, 4) is 11.5 Å². The Morgan fingerprint density at radius 1 is 1.03 bits per heavy atom. The SMILES string of the molecule is COc1ccc2c(C)cc3nnc(SCCS(=O)(=O)Oc4ccccc4)n3c2c1. The van der Waals surface area contributed by atoms with E-state index in [1.54, 1.807) is 37.4 Å². The number of hydrogen-bond donors (Lipinski definition) is 0. The van der Waals surface area contributed by atoms with Gasteiger partial charge in [0, 0.05) is 17.2 Å². The topological polar surface area (TPSA) is 82.8 Å². The molecule has 150 valence electrons. The summed E-state index contributed by atoms with van der Waals surface area (Å²) in [5, 5.41) is 10.2. The van der Waals surface area contributed by atoms with Gasteiger partial charge in [0.1, 0.15) is 11.5 Å². The van der Waals surface area contributed by atoms with E-state index in [0.717, 1.165) is 22.2 Å². The number of aryl methyl sites for hydroxylation is 1. The maximum Gasteiger partial charge on any atom is 0.310 e. The minimum absolute atomic E-state index is 0.144. The molecule has 0 aliphatic carbocycles. The van der Waals surface area contributed by atoms with E-state index in [-0.39, 0.29) is 11.5 Å². The summed E-state index contributed by atoms with van der Waals surface area (Å²) in [5.41, 5.74) is 2.70. The van der Waals surface area contributed by atoms with Crippen LogP contribution in [0.25, 0.3) is 16.6 Å². The van der Waals surface area contributed by atoms with Crippen molar-refractivity contribution in [2.45, 2.75) is 12.1 Å². The normalized spacial score (nSPS) is 11.8. The highest BCUT2D eigenvalue weighted by molar-refractivity contribution is 8.00. The molecule has 0 aliphatic heterocycles. The van der Waals surface area contributed by atoms with E-state index in [9.17, 15) is 8.42 Å². The van der Waals surface area contributed by atoms with Crippen molar-refractivity contribution in [1.29, 1.82) is 0 Å². The minimum Gasteiger partial charge on any atom is -0.497 e. The van der Waals surface area contributed by atoms with Crippen LogP contribution in [0.4, 0.5) is 0 Å². The van der Waals surface area contributed by atoms with Crippen molar-refractivity contribution in [1.82, 2.24) is 14.6 Å². The summed E-state index contributed by atoms with van der Waals surface area (Å²) in [6.07, 6.45) is 0. The first-order valence-electron chi connectivity index (χ1n) is 8.89. The van der Waals surface area contributed by atoms with Gasteiger partial charge in [-0.25, -0.2) is 0 Å². The molecule has 2 aromatic carbocycles. The van der Waals surface area contributed by atoms with Crippen molar-refractivity contribution in [3.05, 3.63) is 60.2 Å². The number of nitrogens with zero attached hydrogens (tertiary/aromatic N) is 3. The molecule has 0 atom stereocenters. The van der Waals surface area contributed by atoms with Crippen LogP contribution in [0, 0.1) is 6.92 Å². The maximum atomic E-state index is 12.2. The zero-order chi connectivity index (χ0) is 20.4. The average Bonchev–Trinajstić information content (AvgIpc) is 3.10. The molecule has 4 rings (SSSR count). The van der Waals surface area contributed by atoms with Gasteiger partial charge in [-0.15, -0.1) is 10.2 Å².